The average Bonchev–Trinajstić information content (AvgIpc) is 2.25. The fourth-order valence-corrected chi connectivity index (χ4v) is 1.06. The molecule has 1 amide bonds. The maximum Gasteiger partial charge on any atom is 0.244 e. The Balaban J connectivity index is 2.54. The van der Waals surface area contributed by atoms with E-state index in [0.717, 1.165) is 5.56 Å². The Hall–Kier alpha value is -1.79. The number of hydrogen-bond donors (Lipinski definition) is 1. The van der Waals surface area contributed by atoms with E-state index in [-0.39, 0.29) is 12.5 Å². The Morgan fingerprint density at radius 2 is 2.13 bits per heavy atom. The molecule has 0 heterocycles. The van der Waals surface area contributed by atoms with Gasteiger partial charge in [0, 0.05) is 11.1 Å². The fraction of sp³-hybridized carbons (Fsp3) is 0.0909. The maximum atomic E-state index is 11.1. The molecular formula is C11H9ClN2O. The van der Waals surface area contributed by atoms with Gasteiger partial charge in [-0.2, -0.15) is 5.26 Å². The van der Waals surface area contributed by atoms with E-state index in [4.69, 9.17) is 16.9 Å². The van der Waals surface area contributed by atoms with Gasteiger partial charge in [-0.25, -0.2) is 0 Å². The van der Waals surface area contributed by atoms with Crippen LogP contribution in [0.3, 0.4) is 0 Å². The van der Waals surface area contributed by atoms with Gasteiger partial charge in [0.1, 0.15) is 6.54 Å². The highest BCUT2D eigenvalue weighted by molar-refractivity contribution is 6.30. The lowest BCUT2D eigenvalue weighted by atomic mass is 10.2. The van der Waals surface area contributed by atoms with Gasteiger partial charge < -0.3 is 5.32 Å². The van der Waals surface area contributed by atoms with Crippen LogP contribution in [-0.2, 0) is 4.79 Å². The molecule has 0 aliphatic heterocycles. The van der Waals surface area contributed by atoms with E-state index in [1.807, 2.05) is 6.07 Å². The van der Waals surface area contributed by atoms with Crippen LogP contribution < -0.4 is 5.32 Å². The quantitative estimate of drug-likeness (QED) is 0.626. The molecule has 0 aliphatic rings. The van der Waals surface area contributed by atoms with Crippen LogP contribution in [0.2, 0.25) is 5.02 Å². The molecule has 0 aliphatic carbocycles. The third kappa shape index (κ3) is 4.30. The molecule has 0 unspecified atom stereocenters. The molecule has 0 saturated heterocycles. The van der Waals surface area contributed by atoms with E-state index in [2.05, 4.69) is 5.32 Å². The van der Waals surface area contributed by atoms with Crippen molar-refractivity contribution < 1.29 is 4.79 Å². The molecule has 76 valence electrons. The van der Waals surface area contributed by atoms with Gasteiger partial charge in [-0.1, -0.05) is 23.7 Å². The molecule has 0 bridgehead atoms. The van der Waals surface area contributed by atoms with Gasteiger partial charge in [-0.05, 0) is 23.8 Å². The number of benzene rings is 1. The predicted molar refractivity (Wildman–Crippen MR) is 59.1 cm³/mol. The molecule has 4 heteroatoms. The number of rotatable bonds is 3. The minimum Gasteiger partial charge on any atom is -0.339 e. The monoisotopic (exact) mass is 220 g/mol. The molecule has 0 fully saturated rings. The summed E-state index contributed by atoms with van der Waals surface area (Å²) in [5, 5.41) is 11.3. The first-order chi connectivity index (χ1) is 7.22. The van der Waals surface area contributed by atoms with Gasteiger partial charge in [-0.15, -0.1) is 0 Å². The summed E-state index contributed by atoms with van der Waals surface area (Å²) in [6, 6.07) is 8.91. The van der Waals surface area contributed by atoms with Crippen molar-refractivity contribution in [2.24, 2.45) is 0 Å². The van der Waals surface area contributed by atoms with E-state index in [1.165, 1.54) is 6.08 Å². The van der Waals surface area contributed by atoms with Crippen molar-refractivity contribution in [2.75, 3.05) is 6.54 Å². The standard InChI is InChI=1S/C11H9ClN2O/c12-10-4-1-9(2-5-10)3-6-11(15)14-8-7-13/h1-6H,8H2,(H,14,15)/b6-3+. The summed E-state index contributed by atoms with van der Waals surface area (Å²) in [6.07, 6.45) is 3.03. The Kier molecular flexibility index (Phi) is 4.39. The van der Waals surface area contributed by atoms with E-state index in [0.29, 0.717) is 5.02 Å². The third-order valence-electron chi connectivity index (χ3n) is 1.64. The van der Waals surface area contributed by atoms with Crippen LogP contribution in [0.5, 0.6) is 0 Å². The molecule has 0 aromatic heterocycles. The number of hydrogen-bond acceptors (Lipinski definition) is 2. The van der Waals surface area contributed by atoms with Gasteiger partial charge in [0.25, 0.3) is 0 Å². The summed E-state index contributed by atoms with van der Waals surface area (Å²) in [4.78, 5) is 11.1. The largest absolute Gasteiger partial charge is 0.339 e. The summed E-state index contributed by atoms with van der Waals surface area (Å²) >= 11 is 5.70. The Labute approximate surface area is 93.0 Å². The molecule has 1 rings (SSSR count). The normalized spacial score (nSPS) is 9.87. The van der Waals surface area contributed by atoms with E-state index >= 15 is 0 Å². The zero-order chi connectivity index (χ0) is 11.1. The molecule has 15 heavy (non-hydrogen) atoms. The van der Waals surface area contributed by atoms with Gasteiger partial charge in [0.05, 0.1) is 6.07 Å². The molecule has 0 radical (unpaired) electrons. The first kappa shape index (κ1) is 11.3. The second kappa shape index (κ2) is 5.84. The molecule has 1 N–H and O–H groups in total. The number of amides is 1. The third-order valence-corrected chi connectivity index (χ3v) is 1.89. The first-order valence-corrected chi connectivity index (χ1v) is 4.68. The molecule has 0 spiro atoms. The number of carbonyl (C=O) groups is 1. The number of halogens is 1. The summed E-state index contributed by atoms with van der Waals surface area (Å²) in [5.74, 6) is -0.286. The van der Waals surface area contributed by atoms with Crippen molar-refractivity contribution in [1.29, 1.82) is 5.26 Å². The fourth-order valence-electron chi connectivity index (χ4n) is 0.931. The molecule has 1 aromatic rings. The van der Waals surface area contributed by atoms with E-state index in [1.54, 1.807) is 30.3 Å². The van der Waals surface area contributed by atoms with Crippen LogP contribution in [0, 0.1) is 11.3 Å². The number of nitrogens with zero attached hydrogens (tertiary/aromatic N) is 1. The van der Waals surface area contributed by atoms with Gasteiger partial charge in [0.15, 0.2) is 0 Å². The number of carbonyl (C=O) groups excluding carboxylic acids is 1. The van der Waals surface area contributed by atoms with Crippen molar-refractivity contribution in [3.05, 3.63) is 40.9 Å². The highest BCUT2D eigenvalue weighted by Crippen LogP contribution is 2.10. The smallest absolute Gasteiger partial charge is 0.244 e. The zero-order valence-electron chi connectivity index (χ0n) is 7.90. The Morgan fingerprint density at radius 1 is 1.47 bits per heavy atom. The summed E-state index contributed by atoms with van der Waals surface area (Å²) in [6.45, 7) is 0.0176. The lowest BCUT2D eigenvalue weighted by Crippen LogP contribution is -2.20. The van der Waals surface area contributed by atoms with Crippen LogP contribution in [0.25, 0.3) is 6.08 Å². The lowest BCUT2D eigenvalue weighted by molar-refractivity contribution is -0.116. The van der Waals surface area contributed by atoms with Crippen LogP contribution in [-0.4, -0.2) is 12.5 Å². The van der Waals surface area contributed by atoms with E-state index in [9.17, 15) is 4.79 Å². The minimum absolute atomic E-state index is 0.0176. The van der Waals surface area contributed by atoms with Gasteiger partial charge in [0.2, 0.25) is 5.91 Å². The van der Waals surface area contributed by atoms with Crippen molar-refractivity contribution in [2.45, 2.75) is 0 Å². The van der Waals surface area contributed by atoms with E-state index < -0.39 is 0 Å². The Morgan fingerprint density at radius 3 is 2.73 bits per heavy atom. The van der Waals surface area contributed by atoms with Crippen molar-refractivity contribution >= 4 is 23.6 Å². The zero-order valence-corrected chi connectivity index (χ0v) is 8.66. The van der Waals surface area contributed by atoms with Crippen LogP contribution in [0.15, 0.2) is 30.3 Å². The summed E-state index contributed by atoms with van der Waals surface area (Å²) in [5.41, 5.74) is 0.881. The van der Waals surface area contributed by atoms with Crippen LogP contribution >= 0.6 is 11.6 Å². The average molecular weight is 221 g/mol. The minimum atomic E-state index is -0.286. The summed E-state index contributed by atoms with van der Waals surface area (Å²) < 4.78 is 0. The molecular weight excluding hydrogens is 212 g/mol. The van der Waals surface area contributed by atoms with Crippen LogP contribution in [0.4, 0.5) is 0 Å². The second-order valence-electron chi connectivity index (χ2n) is 2.76. The van der Waals surface area contributed by atoms with Gasteiger partial charge in [-0.3, -0.25) is 4.79 Å². The maximum absolute atomic E-state index is 11.1. The van der Waals surface area contributed by atoms with Crippen molar-refractivity contribution in [1.82, 2.24) is 5.32 Å². The molecule has 0 atom stereocenters. The summed E-state index contributed by atoms with van der Waals surface area (Å²) in [7, 11) is 0. The number of nitriles is 1. The van der Waals surface area contributed by atoms with Crippen molar-refractivity contribution in [3.63, 3.8) is 0 Å². The lowest BCUT2D eigenvalue weighted by Gasteiger charge is -1.94. The topological polar surface area (TPSA) is 52.9 Å². The molecule has 1 aromatic carbocycles. The predicted octanol–water partition coefficient (Wildman–Crippen LogP) is 1.99. The molecule has 3 nitrogen and oxygen atoms in total. The van der Waals surface area contributed by atoms with Crippen LogP contribution in [0.1, 0.15) is 5.56 Å². The second-order valence-corrected chi connectivity index (χ2v) is 3.20. The molecule has 0 saturated carbocycles. The highest BCUT2D eigenvalue weighted by atomic mass is 35.5. The SMILES string of the molecule is N#CCNC(=O)/C=C/c1ccc(Cl)cc1. The van der Waals surface area contributed by atoms with Crippen molar-refractivity contribution in [3.8, 4) is 6.07 Å². The highest BCUT2D eigenvalue weighted by Gasteiger charge is 1.93. The Bertz CT molecular complexity index is 404. The number of nitrogens with one attached hydrogen (secondary N) is 1. The first-order valence-electron chi connectivity index (χ1n) is 4.31. The van der Waals surface area contributed by atoms with Gasteiger partial charge >= 0.3 is 0 Å².